The van der Waals surface area contributed by atoms with Crippen LogP contribution >= 0.6 is 11.8 Å². The summed E-state index contributed by atoms with van der Waals surface area (Å²) in [5, 5.41) is 9.61. The van der Waals surface area contributed by atoms with Gasteiger partial charge < -0.3 is 5.21 Å². The highest BCUT2D eigenvalue weighted by Crippen LogP contribution is 2.10. The van der Waals surface area contributed by atoms with Crippen molar-refractivity contribution in [3.8, 4) is 0 Å². The minimum absolute atomic E-state index is 0.0878. The first-order chi connectivity index (χ1) is 7.07. The van der Waals surface area contributed by atoms with Crippen LogP contribution in [-0.2, 0) is 6.42 Å². The van der Waals surface area contributed by atoms with E-state index in [1.807, 2.05) is 20.1 Å². The van der Waals surface area contributed by atoms with Gasteiger partial charge in [0.15, 0.2) is 0 Å². The van der Waals surface area contributed by atoms with Crippen molar-refractivity contribution in [3.05, 3.63) is 27.9 Å². The van der Waals surface area contributed by atoms with Crippen LogP contribution in [0.25, 0.3) is 0 Å². The van der Waals surface area contributed by atoms with Crippen molar-refractivity contribution in [1.29, 1.82) is 0 Å². The Morgan fingerprint density at radius 3 is 2.80 bits per heavy atom. The molecule has 1 aromatic rings. The summed E-state index contributed by atoms with van der Waals surface area (Å²) in [6.45, 7) is 3.81. The van der Waals surface area contributed by atoms with Gasteiger partial charge >= 0.3 is 5.56 Å². The van der Waals surface area contributed by atoms with Crippen LogP contribution in [0.1, 0.15) is 31.2 Å². The van der Waals surface area contributed by atoms with Gasteiger partial charge in [-0.15, -0.1) is 4.73 Å². The molecule has 0 aliphatic carbocycles. The highest BCUT2D eigenvalue weighted by Gasteiger charge is 2.11. The maximum Gasteiger partial charge on any atom is 0.304 e. The summed E-state index contributed by atoms with van der Waals surface area (Å²) in [5.74, 6) is 0.924. The Morgan fingerprint density at radius 2 is 2.27 bits per heavy atom. The van der Waals surface area contributed by atoms with Gasteiger partial charge in [-0.1, -0.05) is 13.8 Å². The van der Waals surface area contributed by atoms with Crippen LogP contribution in [0.2, 0.25) is 0 Å². The zero-order valence-electron chi connectivity index (χ0n) is 9.23. The molecule has 0 atom stereocenters. The van der Waals surface area contributed by atoms with Gasteiger partial charge in [-0.3, -0.25) is 9.78 Å². The molecule has 0 bridgehead atoms. The average molecular weight is 228 g/mol. The molecule has 0 fully saturated rings. The van der Waals surface area contributed by atoms with Crippen molar-refractivity contribution in [2.75, 3.05) is 12.0 Å². The van der Waals surface area contributed by atoms with Gasteiger partial charge in [0.05, 0.1) is 11.9 Å². The lowest BCUT2D eigenvalue weighted by Gasteiger charge is -2.10. The Labute approximate surface area is 93.3 Å². The normalized spacial score (nSPS) is 10.9. The Bertz CT molecular complexity index is 387. The van der Waals surface area contributed by atoms with E-state index in [1.165, 1.54) is 0 Å². The molecule has 84 valence electrons. The number of hydrogen-bond acceptors (Lipinski definition) is 4. The van der Waals surface area contributed by atoms with Crippen molar-refractivity contribution in [2.24, 2.45) is 0 Å². The van der Waals surface area contributed by atoms with Crippen LogP contribution in [0.4, 0.5) is 0 Å². The quantitative estimate of drug-likeness (QED) is 0.794. The average Bonchev–Trinajstić information content (AvgIpc) is 2.20. The summed E-state index contributed by atoms with van der Waals surface area (Å²) >= 11 is 1.65. The van der Waals surface area contributed by atoms with Gasteiger partial charge in [0.2, 0.25) is 0 Å². The summed E-state index contributed by atoms with van der Waals surface area (Å²) in [5.41, 5.74) is 0.583. The minimum atomic E-state index is -0.393. The molecule has 0 aliphatic rings. The van der Waals surface area contributed by atoms with Crippen LogP contribution in [0.15, 0.2) is 11.0 Å². The van der Waals surface area contributed by atoms with E-state index in [0.717, 1.165) is 5.75 Å². The van der Waals surface area contributed by atoms with Gasteiger partial charge in [-0.25, -0.2) is 0 Å². The second-order valence-corrected chi connectivity index (χ2v) is 4.63. The van der Waals surface area contributed by atoms with Gasteiger partial charge in [0, 0.05) is 6.42 Å². The predicted molar refractivity (Wildman–Crippen MR) is 61.9 cm³/mol. The third kappa shape index (κ3) is 2.75. The number of aromatic nitrogens is 2. The maximum atomic E-state index is 11.6. The third-order valence-corrected chi connectivity index (χ3v) is 2.78. The zero-order chi connectivity index (χ0) is 11.4. The van der Waals surface area contributed by atoms with Gasteiger partial charge in [0.1, 0.15) is 5.69 Å². The van der Waals surface area contributed by atoms with Crippen LogP contribution in [-0.4, -0.2) is 26.9 Å². The Balaban J connectivity index is 3.05. The van der Waals surface area contributed by atoms with Crippen LogP contribution in [0.3, 0.4) is 0 Å². The third-order valence-electron chi connectivity index (χ3n) is 2.17. The van der Waals surface area contributed by atoms with E-state index >= 15 is 0 Å². The largest absolute Gasteiger partial charge is 0.425 e. The molecule has 0 aromatic carbocycles. The SMILES string of the molecule is CSCCc1ncc(C(C)C)n(O)c1=O. The van der Waals surface area contributed by atoms with E-state index in [1.54, 1.807) is 18.0 Å². The van der Waals surface area contributed by atoms with E-state index in [9.17, 15) is 10.0 Å². The highest BCUT2D eigenvalue weighted by atomic mass is 32.2. The fourth-order valence-electron chi connectivity index (χ4n) is 1.26. The molecule has 0 saturated carbocycles. The standard InChI is InChI=1S/C10H16N2O2S/c1-7(2)9-6-11-8(4-5-15-3)10(13)12(9)14/h6-7,14H,4-5H2,1-3H3. The first-order valence-electron chi connectivity index (χ1n) is 4.87. The fraction of sp³-hybridized carbons (Fsp3) is 0.600. The van der Waals surface area contributed by atoms with Crippen molar-refractivity contribution in [2.45, 2.75) is 26.2 Å². The lowest BCUT2D eigenvalue weighted by molar-refractivity contribution is 0.160. The topological polar surface area (TPSA) is 55.1 Å². The fourth-order valence-corrected chi connectivity index (χ4v) is 1.65. The second-order valence-electron chi connectivity index (χ2n) is 3.64. The number of thioether (sulfide) groups is 1. The van der Waals surface area contributed by atoms with E-state index in [-0.39, 0.29) is 5.92 Å². The zero-order valence-corrected chi connectivity index (χ0v) is 10.0. The van der Waals surface area contributed by atoms with Crippen molar-refractivity contribution in [1.82, 2.24) is 9.71 Å². The molecule has 0 amide bonds. The number of nitrogens with zero attached hydrogens (tertiary/aromatic N) is 2. The molecular formula is C10H16N2O2S. The molecule has 4 nitrogen and oxygen atoms in total. The summed E-state index contributed by atoms with van der Waals surface area (Å²) < 4.78 is 0.716. The second kappa shape index (κ2) is 5.21. The molecule has 0 aliphatic heterocycles. The predicted octanol–water partition coefficient (Wildman–Crippen LogP) is 1.51. The molecule has 1 N–H and O–H groups in total. The smallest absolute Gasteiger partial charge is 0.304 e. The highest BCUT2D eigenvalue weighted by molar-refractivity contribution is 7.98. The molecular weight excluding hydrogens is 212 g/mol. The van der Waals surface area contributed by atoms with Crippen LogP contribution in [0.5, 0.6) is 0 Å². The monoisotopic (exact) mass is 228 g/mol. The van der Waals surface area contributed by atoms with E-state index in [4.69, 9.17) is 0 Å². The van der Waals surface area contributed by atoms with Crippen molar-refractivity contribution < 1.29 is 5.21 Å². The summed E-state index contributed by atoms with van der Waals surface area (Å²) in [4.78, 5) is 15.7. The number of rotatable bonds is 4. The Morgan fingerprint density at radius 1 is 1.60 bits per heavy atom. The van der Waals surface area contributed by atoms with E-state index in [0.29, 0.717) is 22.5 Å². The summed E-state index contributed by atoms with van der Waals surface area (Å²) in [6.07, 6.45) is 4.14. The van der Waals surface area contributed by atoms with E-state index < -0.39 is 5.56 Å². The molecule has 1 rings (SSSR count). The van der Waals surface area contributed by atoms with Crippen LogP contribution < -0.4 is 5.56 Å². The van der Waals surface area contributed by atoms with E-state index in [2.05, 4.69) is 4.98 Å². The first kappa shape index (κ1) is 12.1. The molecule has 0 unspecified atom stereocenters. The molecule has 0 saturated heterocycles. The molecule has 1 aromatic heterocycles. The minimum Gasteiger partial charge on any atom is -0.425 e. The summed E-state index contributed by atoms with van der Waals surface area (Å²) in [6, 6.07) is 0. The molecule has 1 heterocycles. The molecule has 5 heteroatoms. The van der Waals surface area contributed by atoms with Crippen molar-refractivity contribution in [3.63, 3.8) is 0 Å². The molecule has 15 heavy (non-hydrogen) atoms. The van der Waals surface area contributed by atoms with Gasteiger partial charge in [-0.2, -0.15) is 11.8 Å². The molecule has 0 spiro atoms. The Kier molecular flexibility index (Phi) is 4.20. The first-order valence-corrected chi connectivity index (χ1v) is 6.26. The lowest BCUT2D eigenvalue weighted by Crippen LogP contribution is -2.27. The van der Waals surface area contributed by atoms with Gasteiger partial charge in [-0.05, 0) is 17.9 Å². The maximum absolute atomic E-state index is 11.6. The summed E-state index contributed by atoms with van der Waals surface area (Å²) in [7, 11) is 0. The van der Waals surface area contributed by atoms with Crippen molar-refractivity contribution >= 4 is 11.8 Å². The van der Waals surface area contributed by atoms with Crippen LogP contribution in [0, 0.1) is 0 Å². The number of hydrogen-bond donors (Lipinski definition) is 1. The Hall–Kier alpha value is -0.970. The lowest BCUT2D eigenvalue weighted by atomic mass is 10.1. The number of aryl methyl sites for hydroxylation is 1. The van der Waals surface area contributed by atoms with Gasteiger partial charge in [0.25, 0.3) is 0 Å². The molecule has 0 radical (unpaired) electrons.